The van der Waals surface area contributed by atoms with E-state index < -0.39 is 6.04 Å². The average molecular weight is 421 g/mol. The third kappa shape index (κ3) is 5.98. The van der Waals surface area contributed by atoms with Crippen LogP contribution in [0.5, 0.6) is 0 Å². The Labute approximate surface area is 176 Å². The molecular weight excluding hydrogens is 395 g/mol. The summed E-state index contributed by atoms with van der Waals surface area (Å²) in [4.78, 5) is 27.3. The molecule has 0 aliphatic heterocycles. The molecule has 0 saturated heterocycles. The first-order valence-corrected chi connectivity index (χ1v) is 10.0. The normalized spacial score (nSPS) is 12.0. The molecule has 0 heterocycles. The minimum atomic E-state index is -0.634. The second-order valence-electron chi connectivity index (χ2n) is 7.20. The third-order valence-electron chi connectivity index (χ3n) is 4.56. The molecule has 2 rings (SSSR count). The number of carbonyl (C=O) groups excluding carboxylic acids is 2. The van der Waals surface area contributed by atoms with Gasteiger partial charge in [-0.3, -0.25) is 9.59 Å². The zero-order chi connectivity index (χ0) is 20.8. The quantitative estimate of drug-likeness (QED) is 0.699. The van der Waals surface area contributed by atoms with E-state index in [0.717, 1.165) is 16.7 Å². The lowest BCUT2D eigenvalue weighted by Crippen LogP contribution is -2.49. The Morgan fingerprint density at radius 3 is 2.32 bits per heavy atom. The van der Waals surface area contributed by atoms with Gasteiger partial charge in [0.2, 0.25) is 11.8 Å². The predicted molar refractivity (Wildman–Crippen MR) is 115 cm³/mol. The molecule has 4 nitrogen and oxygen atoms in total. The first-order chi connectivity index (χ1) is 13.2. The molecular formula is C22H26Cl2N2O2. The van der Waals surface area contributed by atoms with Gasteiger partial charge in [0.05, 0.1) is 6.42 Å². The van der Waals surface area contributed by atoms with Crippen molar-refractivity contribution in [2.45, 2.75) is 52.7 Å². The van der Waals surface area contributed by atoms with E-state index in [0.29, 0.717) is 10.0 Å². The van der Waals surface area contributed by atoms with Crippen LogP contribution in [0.25, 0.3) is 0 Å². The highest BCUT2D eigenvalue weighted by atomic mass is 35.5. The number of halogens is 2. The van der Waals surface area contributed by atoms with Crippen LogP contribution in [0.3, 0.4) is 0 Å². The summed E-state index contributed by atoms with van der Waals surface area (Å²) >= 11 is 12.3. The first-order valence-electron chi connectivity index (χ1n) is 9.27. The van der Waals surface area contributed by atoms with Crippen molar-refractivity contribution in [2.75, 3.05) is 0 Å². The van der Waals surface area contributed by atoms with Gasteiger partial charge in [-0.1, -0.05) is 53.5 Å². The number of nitrogens with zero attached hydrogens (tertiary/aromatic N) is 1. The molecule has 0 bridgehead atoms. The Bertz CT molecular complexity index is 852. The maximum Gasteiger partial charge on any atom is 0.242 e. The lowest BCUT2D eigenvalue weighted by molar-refractivity contribution is -0.140. The number of benzene rings is 2. The molecule has 0 spiro atoms. The summed E-state index contributed by atoms with van der Waals surface area (Å²) < 4.78 is 0. The van der Waals surface area contributed by atoms with Crippen LogP contribution in [-0.4, -0.2) is 28.8 Å². The van der Waals surface area contributed by atoms with Gasteiger partial charge in [-0.15, -0.1) is 0 Å². The van der Waals surface area contributed by atoms with E-state index in [1.54, 1.807) is 30.0 Å². The summed E-state index contributed by atoms with van der Waals surface area (Å²) in [5.41, 5.74) is 2.73. The molecule has 150 valence electrons. The molecule has 0 unspecified atom stereocenters. The minimum Gasteiger partial charge on any atom is -0.352 e. The van der Waals surface area contributed by atoms with Crippen molar-refractivity contribution in [3.63, 3.8) is 0 Å². The molecule has 0 fully saturated rings. The Morgan fingerprint density at radius 1 is 1.04 bits per heavy atom. The minimum absolute atomic E-state index is 0.0117. The van der Waals surface area contributed by atoms with Crippen molar-refractivity contribution < 1.29 is 9.59 Å². The molecule has 0 aromatic heterocycles. The highest BCUT2D eigenvalue weighted by Crippen LogP contribution is 2.24. The van der Waals surface area contributed by atoms with Crippen LogP contribution in [-0.2, 0) is 22.6 Å². The van der Waals surface area contributed by atoms with Crippen molar-refractivity contribution in [1.29, 1.82) is 0 Å². The number of hydrogen-bond donors (Lipinski definition) is 1. The molecule has 28 heavy (non-hydrogen) atoms. The fourth-order valence-corrected chi connectivity index (χ4v) is 3.36. The van der Waals surface area contributed by atoms with Crippen LogP contribution in [0.15, 0.2) is 42.5 Å². The van der Waals surface area contributed by atoms with Gasteiger partial charge in [0.25, 0.3) is 0 Å². The fraction of sp³-hybridized carbons (Fsp3) is 0.364. The van der Waals surface area contributed by atoms with Crippen LogP contribution in [0.1, 0.15) is 37.5 Å². The van der Waals surface area contributed by atoms with Gasteiger partial charge in [0.1, 0.15) is 6.04 Å². The second-order valence-corrected chi connectivity index (χ2v) is 8.04. The van der Waals surface area contributed by atoms with Crippen molar-refractivity contribution in [3.8, 4) is 0 Å². The van der Waals surface area contributed by atoms with Crippen LogP contribution >= 0.6 is 23.2 Å². The maximum atomic E-state index is 13.2. The standard InChI is InChI=1S/C22H26Cl2N2O2/c1-14(2)25-22(28)16(4)26(13-18-9-10-19(23)12-20(18)24)21(27)11-17-8-6-5-7-15(17)3/h5-10,12,14,16H,11,13H2,1-4H3,(H,25,28)/t16-/m1/s1. The predicted octanol–water partition coefficient (Wildman–Crippen LogP) is 4.79. The molecule has 0 radical (unpaired) electrons. The smallest absolute Gasteiger partial charge is 0.242 e. The highest BCUT2D eigenvalue weighted by molar-refractivity contribution is 6.35. The number of aryl methyl sites for hydroxylation is 1. The lowest BCUT2D eigenvalue weighted by atomic mass is 10.0. The van der Waals surface area contributed by atoms with E-state index >= 15 is 0 Å². The van der Waals surface area contributed by atoms with E-state index in [4.69, 9.17) is 23.2 Å². The van der Waals surface area contributed by atoms with Crippen molar-refractivity contribution in [3.05, 3.63) is 69.2 Å². The molecule has 1 atom stereocenters. The molecule has 2 aromatic rings. The van der Waals surface area contributed by atoms with Gasteiger partial charge in [-0.05, 0) is 56.5 Å². The van der Waals surface area contributed by atoms with Gasteiger partial charge in [0, 0.05) is 22.6 Å². The monoisotopic (exact) mass is 420 g/mol. The maximum absolute atomic E-state index is 13.2. The topological polar surface area (TPSA) is 49.4 Å². The Kier molecular flexibility index (Phi) is 7.90. The van der Waals surface area contributed by atoms with Crippen molar-refractivity contribution >= 4 is 35.0 Å². The zero-order valence-corrected chi connectivity index (χ0v) is 18.1. The molecule has 0 saturated carbocycles. The third-order valence-corrected chi connectivity index (χ3v) is 5.14. The summed E-state index contributed by atoms with van der Waals surface area (Å²) in [6.45, 7) is 7.71. The summed E-state index contributed by atoms with van der Waals surface area (Å²) in [7, 11) is 0. The molecule has 1 N–H and O–H groups in total. The van der Waals surface area contributed by atoms with Gasteiger partial charge in [-0.2, -0.15) is 0 Å². The van der Waals surface area contributed by atoms with Crippen molar-refractivity contribution in [1.82, 2.24) is 10.2 Å². The van der Waals surface area contributed by atoms with E-state index in [1.165, 1.54) is 0 Å². The Morgan fingerprint density at radius 2 is 1.71 bits per heavy atom. The number of amides is 2. The Hall–Kier alpha value is -2.04. The number of hydrogen-bond acceptors (Lipinski definition) is 2. The Balaban J connectivity index is 2.30. The SMILES string of the molecule is Cc1ccccc1CC(=O)N(Cc1ccc(Cl)cc1Cl)[C@H](C)C(=O)NC(C)C. The number of nitrogens with one attached hydrogen (secondary N) is 1. The van der Waals surface area contributed by atoms with E-state index in [9.17, 15) is 9.59 Å². The van der Waals surface area contributed by atoms with Gasteiger partial charge >= 0.3 is 0 Å². The molecule has 0 aliphatic carbocycles. The largest absolute Gasteiger partial charge is 0.352 e. The van der Waals surface area contributed by atoms with E-state index in [1.807, 2.05) is 45.0 Å². The van der Waals surface area contributed by atoms with Crippen molar-refractivity contribution in [2.24, 2.45) is 0 Å². The fourth-order valence-electron chi connectivity index (χ4n) is 2.89. The van der Waals surface area contributed by atoms with E-state index in [-0.39, 0.29) is 30.8 Å². The van der Waals surface area contributed by atoms with Crippen LogP contribution in [0.2, 0.25) is 10.0 Å². The molecule has 6 heteroatoms. The van der Waals surface area contributed by atoms with Crippen LogP contribution in [0, 0.1) is 6.92 Å². The second kappa shape index (κ2) is 9.94. The van der Waals surface area contributed by atoms with Crippen LogP contribution < -0.4 is 5.32 Å². The van der Waals surface area contributed by atoms with Gasteiger partial charge < -0.3 is 10.2 Å². The molecule has 0 aliphatic rings. The van der Waals surface area contributed by atoms with Gasteiger partial charge in [0.15, 0.2) is 0 Å². The summed E-state index contributed by atoms with van der Waals surface area (Å²) in [6, 6.07) is 12.3. The number of rotatable bonds is 7. The van der Waals surface area contributed by atoms with Gasteiger partial charge in [-0.25, -0.2) is 0 Å². The summed E-state index contributed by atoms with van der Waals surface area (Å²) in [5.74, 6) is -0.329. The van der Waals surface area contributed by atoms with E-state index in [2.05, 4.69) is 5.32 Å². The molecule has 2 amide bonds. The number of carbonyl (C=O) groups is 2. The average Bonchev–Trinajstić information content (AvgIpc) is 2.61. The first kappa shape index (κ1) is 22.3. The lowest BCUT2D eigenvalue weighted by Gasteiger charge is -2.30. The summed E-state index contributed by atoms with van der Waals surface area (Å²) in [5, 5.41) is 3.87. The van der Waals surface area contributed by atoms with Crippen LogP contribution in [0.4, 0.5) is 0 Å². The highest BCUT2D eigenvalue weighted by Gasteiger charge is 2.27. The zero-order valence-electron chi connectivity index (χ0n) is 16.6. The molecule has 2 aromatic carbocycles. The summed E-state index contributed by atoms with van der Waals surface area (Å²) in [6.07, 6.45) is 0.219.